The number of nitrogens with one attached hydrogen (secondary N) is 2. The van der Waals surface area contributed by atoms with Crippen LogP contribution in [0.3, 0.4) is 0 Å². The molecule has 8 nitrogen and oxygen atoms in total. The quantitative estimate of drug-likeness (QED) is 0.413. The summed E-state index contributed by atoms with van der Waals surface area (Å²) in [4.78, 5) is 19.2. The summed E-state index contributed by atoms with van der Waals surface area (Å²) in [5.41, 5.74) is 7.10. The van der Waals surface area contributed by atoms with Gasteiger partial charge in [-0.05, 0) is 49.4 Å². The Labute approximate surface area is 204 Å². The van der Waals surface area contributed by atoms with Gasteiger partial charge in [-0.3, -0.25) is 9.97 Å². The molecule has 35 heavy (non-hydrogen) atoms. The van der Waals surface area contributed by atoms with Crippen LogP contribution in [0.15, 0.2) is 48.9 Å². The number of nitrogens with zero attached hydrogens (tertiary/aromatic N) is 4. The first-order chi connectivity index (χ1) is 17.3. The number of H-pyrrole nitrogens is 1. The van der Waals surface area contributed by atoms with Crippen molar-refractivity contribution in [1.29, 1.82) is 0 Å². The van der Waals surface area contributed by atoms with Crippen LogP contribution in [0.5, 0.6) is 5.88 Å². The third-order valence-electron chi connectivity index (χ3n) is 6.76. The maximum Gasteiger partial charge on any atom is 0.217 e. The molecule has 2 aliphatic rings. The molecule has 6 rings (SSSR count). The predicted octanol–water partition coefficient (Wildman–Crippen LogP) is 4.43. The first-order valence-electron chi connectivity index (χ1n) is 12.4. The predicted molar refractivity (Wildman–Crippen MR) is 137 cm³/mol. The van der Waals surface area contributed by atoms with Crippen LogP contribution in [0.2, 0.25) is 0 Å². The molecular weight excluding hydrogens is 440 g/mol. The summed E-state index contributed by atoms with van der Waals surface area (Å²) in [6.45, 7) is 3.64. The van der Waals surface area contributed by atoms with Gasteiger partial charge in [0.25, 0.3) is 0 Å². The molecule has 8 heteroatoms. The molecule has 4 heterocycles. The highest BCUT2D eigenvalue weighted by molar-refractivity contribution is 5.88. The summed E-state index contributed by atoms with van der Waals surface area (Å²) in [6.07, 6.45) is 10.6. The van der Waals surface area contributed by atoms with Crippen molar-refractivity contribution in [2.75, 3.05) is 43.1 Å². The topological polar surface area (TPSA) is 88.2 Å². The molecule has 0 amide bonds. The van der Waals surface area contributed by atoms with Gasteiger partial charge in [-0.1, -0.05) is 0 Å². The Morgan fingerprint density at radius 3 is 2.86 bits per heavy atom. The van der Waals surface area contributed by atoms with Gasteiger partial charge in [0.1, 0.15) is 5.82 Å². The summed E-state index contributed by atoms with van der Waals surface area (Å²) in [6, 6.07) is 10.6. The molecule has 1 saturated heterocycles. The second kappa shape index (κ2) is 9.92. The largest absolute Gasteiger partial charge is 0.477 e. The zero-order valence-electron chi connectivity index (χ0n) is 19.8. The Morgan fingerprint density at radius 1 is 1.06 bits per heavy atom. The van der Waals surface area contributed by atoms with Crippen molar-refractivity contribution in [2.45, 2.75) is 32.1 Å². The van der Waals surface area contributed by atoms with Gasteiger partial charge >= 0.3 is 0 Å². The molecule has 0 saturated carbocycles. The summed E-state index contributed by atoms with van der Waals surface area (Å²) in [7, 11) is 0. The average Bonchev–Trinajstić information content (AvgIpc) is 3.28. The van der Waals surface area contributed by atoms with Crippen LogP contribution >= 0.6 is 0 Å². The third kappa shape index (κ3) is 4.93. The molecule has 1 aromatic carbocycles. The zero-order chi connectivity index (χ0) is 23.5. The first kappa shape index (κ1) is 21.9. The maximum absolute atomic E-state index is 6.07. The van der Waals surface area contributed by atoms with Crippen molar-refractivity contribution in [3.8, 4) is 5.88 Å². The minimum atomic E-state index is 0.485. The van der Waals surface area contributed by atoms with E-state index in [1.165, 1.54) is 35.0 Å². The standard InChI is InChI=1S/C27H30N6O2/c1-2-4-24-22(3-1)23-15-19(5-6-25(23)31-24)30-26-16-21(33-10-13-34-14-11-33)17-27(32-26)35-12-7-20-18-28-8-9-29-20/h5-6,8-9,15-18,31H,1-4,7,10-14H2,(H,30,32). The van der Waals surface area contributed by atoms with E-state index in [1.807, 2.05) is 6.07 Å². The summed E-state index contributed by atoms with van der Waals surface area (Å²) in [5.74, 6) is 1.37. The van der Waals surface area contributed by atoms with Crippen molar-refractivity contribution >= 4 is 28.1 Å². The van der Waals surface area contributed by atoms with Crippen molar-refractivity contribution in [1.82, 2.24) is 19.9 Å². The highest BCUT2D eigenvalue weighted by atomic mass is 16.5. The number of ether oxygens (including phenoxy) is 2. The molecule has 0 unspecified atom stereocenters. The fourth-order valence-corrected chi connectivity index (χ4v) is 4.98. The monoisotopic (exact) mass is 470 g/mol. The number of morpholine rings is 1. The molecule has 1 aliphatic carbocycles. The number of benzene rings is 1. The molecule has 180 valence electrons. The van der Waals surface area contributed by atoms with Gasteiger partial charge in [-0.2, -0.15) is 4.98 Å². The third-order valence-corrected chi connectivity index (χ3v) is 6.76. The van der Waals surface area contributed by atoms with Crippen LogP contribution in [-0.2, 0) is 24.0 Å². The number of aromatic nitrogens is 4. The van der Waals surface area contributed by atoms with Gasteiger partial charge in [0.2, 0.25) is 5.88 Å². The lowest BCUT2D eigenvalue weighted by molar-refractivity contribution is 0.122. The van der Waals surface area contributed by atoms with Gasteiger partial charge in [-0.15, -0.1) is 0 Å². The van der Waals surface area contributed by atoms with Gasteiger partial charge < -0.3 is 24.7 Å². The summed E-state index contributed by atoms with van der Waals surface area (Å²) in [5, 5.41) is 4.85. The molecule has 0 atom stereocenters. The molecule has 1 fully saturated rings. The fourth-order valence-electron chi connectivity index (χ4n) is 4.98. The van der Waals surface area contributed by atoms with Gasteiger partial charge in [0.05, 0.1) is 25.5 Å². The Morgan fingerprint density at radius 2 is 1.97 bits per heavy atom. The smallest absolute Gasteiger partial charge is 0.217 e. The molecule has 3 aromatic heterocycles. The number of hydrogen-bond donors (Lipinski definition) is 2. The molecule has 0 bridgehead atoms. The van der Waals surface area contributed by atoms with E-state index in [-0.39, 0.29) is 0 Å². The molecule has 1 aliphatic heterocycles. The van der Waals surface area contributed by atoms with Gasteiger partial charge in [-0.25, -0.2) is 0 Å². The van der Waals surface area contributed by atoms with Crippen LogP contribution in [0.4, 0.5) is 17.2 Å². The van der Waals surface area contributed by atoms with Crippen LogP contribution in [-0.4, -0.2) is 52.8 Å². The van der Waals surface area contributed by atoms with E-state index in [0.29, 0.717) is 18.9 Å². The minimum Gasteiger partial charge on any atom is -0.477 e. The molecular formula is C27H30N6O2. The highest BCUT2D eigenvalue weighted by Gasteiger charge is 2.17. The van der Waals surface area contributed by atoms with Crippen LogP contribution in [0.1, 0.15) is 29.8 Å². The molecule has 2 N–H and O–H groups in total. The number of hydrogen-bond acceptors (Lipinski definition) is 7. The Hall–Kier alpha value is -3.65. The lowest BCUT2D eigenvalue weighted by Gasteiger charge is -2.29. The van der Waals surface area contributed by atoms with Gasteiger partial charge in [0.15, 0.2) is 0 Å². The summed E-state index contributed by atoms with van der Waals surface area (Å²) < 4.78 is 11.6. The maximum atomic E-state index is 6.07. The second-order valence-electron chi connectivity index (χ2n) is 9.12. The van der Waals surface area contributed by atoms with E-state index >= 15 is 0 Å². The lowest BCUT2D eigenvalue weighted by atomic mass is 9.95. The number of aryl methyl sites for hydroxylation is 2. The minimum absolute atomic E-state index is 0.485. The van der Waals surface area contributed by atoms with Crippen LogP contribution in [0, 0.1) is 0 Å². The average molecular weight is 471 g/mol. The molecule has 0 radical (unpaired) electrons. The van der Waals surface area contributed by atoms with Crippen LogP contribution < -0.4 is 15.0 Å². The van der Waals surface area contributed by atoms with Gasteiger partial charge in [0, 0.05) is 78.2 Å². The molecule has 0 spiro atoms. The fraction of sp³-hybridized carbons (Fsp3) is 0.370. The van der Waals surface area contributed by atoms with E-state index in [9.17, 15) is 0 Å². The Kier molecular flexibility index (Phi) is 6.19. The number of anilines is 3. The number of aromatic amines is 1. The number of rotatable bonds is 7. The second-order valence-corrected chi connectivity index (χ2v) is 9.12. The molecule has 4 aromatic rings. The SMILES string of the molecule is c1cnc(CCOc2cc(N3CCOCC3)cc(Nc3ccc4[nH]c5c(c4c3)CCCC5)n2)cn1. The van der Waals surface area contributed by atoms with Crippen molar-refractivity contribution < 1.29 is 9.47 Å². The first-order valence-corrected chi connectivity index (χ1v) is 12.4. The highest BCUT2D eigenvalue weighted by Crippen LogP contribution is 2.32. The lowest BCUT2D eigenvalue weighted by Crippen LogP contribution is -2.36. The van der Waals surface area contributed by atoms with E-state index in [0.717, 1.165) is 62.0 Å². The van der Waals surface area contributed by atoms with Crippen molar-refractivity contribution in [2.24, 2.45) is 0 Å². The zero-order valence-corrected chi connectivity index (χ0v) is 19.8. The summed E-state index contributed by atoms with van der Waals surface area (Å²) >= 11 is 0. The Bertz CT molecular complexity index is 1300. The Balaban J connectivity index is 1.25. The van der Waals surface area contributed by atoms with E-state index in [1.54, 1.807) is 18.6 Å². The van der Waals surface area contributed by atoms with Crippen LogP contribution in [0.25, 0.3) is 10.9 Å². The van der Waals surface area contributed by atoms with E-state index in [2.05, 4.69) is 49.4 Å². The van der Waals surface area contributed by atoms with E-state index < -0.39 is 0 Å². The number of fused-ring (bicyclic) bond motifs is 3. The van der Waals surface area contributed by atoms with E-state index in [4.69, 9.17) is 14.5 Å². The number of pyridine rings is 1. The van der Waals surface area contributed by atoms with Crippen molar-refractivity contribution in [3.05, 3.63) is 65.9 Å². The normalized spacial score (nSPS) is 15.7. The van der Waals surface area contributed by atoms with Crippen molar-refractivity contribution in [3.63, 3.8) is 0 Å².